The number of esters is 2. The van der Waals surface area contributed by atoms with E-state index in [4.69, 9.17) is 15.2 Å². The van der Waals surface area contributed by atoms with E-state index >= 15 is 0 Å². The minimum atomic E-state index is -0.853. The number of carbonyl (C=O) groups excluding carboxylic acids is 2. The van der Waals surface area contributed by atoms with Crippen LogP contribution in [-0.4, -0.2) is 29.7 Å². The molecule has 0 aliphatic carbocycles. The van der Waals surface area contributed by atoms with Gasteiger partial charge in [-0.1, -0.05) is 59.7 Å². The number of aromatic nitrogens is 1. The Hall–Kier alpha value is -3.91. The molecule has 2 aromatic carbocycles. The summed E-state index contributed by atoms with van der Waals surface area (Å²) in [5.74, 6) is -2.20. The van der Waals surface area contributed by atoms with Crippen LogP contribution in [0.15, 0.2) is 58.9 Å². The first kappa shape index (κ1) is 25.2. The Morgan fingerprint density at radius 1 is 0.917 bits per heavy atom. The first-order valence-electron chi connectivity index (χ1n) is 11.7. The van der Waals surface area contributed by atoms with Crippen LogP contribution in [0.25, 0.3) is 17.5 Å². The molecule has 186 valence electrons. The van der Waals surface area contributed by atoms with Gasteiger partial charge in [0.25, 0.3) is 5.56 Å². The number of benzene rings is 2. The van der Waals surface area contributed by atoms with E-state index in [2.05, 4.69) is 0 Å². The van der Waals surface area contributed by atoms with Crippen LogP contribution in [-0.2, 0) is 19.1 Å². The van der Waals surface area contributed by atoms with E-state index in [-0.39, 0.29) is 30.2 Å². The molecule has 0 saturated heterocycles. The van der Waals surface area contributed by atoms with Gasteiger partial charge in [0.1, 0.15) is 10.5 Å². The van der Waals surface area contributed by atoms with Crippen molar-refractivity contribution in [3.8, 4) is 0 Å². The Bertz CT molecular complexity index is 1530. The maximum absolute atomic E-state index is 13.5. The van der Waals surface area contributed by atoms with Gasteiger partial charge < -0.3 is 15.2 Å². The molecule has 0 radical (unpaired) electrons. The van der Waals surface area contributed by atoms with Crippen LogP contribution < -0.4 is 20.5 Å². The van der Waals surface area contributed by atoms with Crippen molar-refractivity contribution in [2.45, 2.75) is 33.6 Å². The van der Waals surface area contributed by atoms with Gasteiger partial charge in [-0.2, -0.15) is 0 Å². The molecule has 0 amide bonds. The number of aryl methyl sites for hydroxylation is 2. The van der Waals surface area contributed by atoms with Gasteiger partial charge in [0.05, 0.1) is 34.8 Å². The number of ether oxygens (including phenoxy) is 2. The van der Waals surface area contributed by atoms with Gasteiger partial charge in [-0.15, -0.1) is 11.3 Å². The maximum atomic E-state index is 13.5. The quantitative estimate of drug-likeness (QED) is 0.518. The van der Waals surface area contributed by atoms with Gasteiger partial charge in [0.2, 0.25) is 0 Å². The first-order chi connectivity index (χ1) is 17.3. The number of nitrogens with two attached hydrogens (primary N) is 1. The first-order valence-corrected chi connectivity index (χ1v) is 12.5. The monoisotopic (exact) mass is 504 g/mol. The van der Waals surface area contributed by atoms with E-state index in [1.54, 1.807) is 19.9 Å². The molecule has 3 aromatic rings. The van der Waals surface area contributed by atoms with Crippen molar-refractivity contribution in [2.75, 3.05) is 13.2 Å². The normalized spacial score (nSPS) is 15.6. The fraction of sp³-hybridized carbons (Fsp3) is 0.250. The van der Waals surface area contributed by atoms with Crippen LogP contribution in [0.1, 0.15) is 42.0 Å². The van der Waals surface area contributed by atoms with Crippen molar-refractivity contribution in [1.29, 1.82) is 0 Å². The lowest BCUT2D eigenvalue weighted by Crippen LogP contribution is -2.42. The van der Waals surface area contributed by atoms with Crippen molar-refractivity contribution in [1.82, 2.24) is 4.57 Å². The lowest BCUT2D eigenvalue weighted by atomic mass is 9.83. The third kappa shape index (κ3) is 4.64. The highest BCUT2D eigenvalue weighted by Crippen LogP contribution is 2.37. The fourth-order valence-electron chi connectivity index (χ4n) is 4.17. The lowest BCUT2D eigenvalue weighted by molar-refractivity contribution is -0.138. The lowest BCUT2D eigenvalue weighted by Gasteiger charge is -2.27. The minimum absolute atomic E-state index is 0.0399. The second-order valence-corrected chi connectivity index (χ2v) is 9.49. The zero-order valence-corrected chi connectivity index (χ0v) is 21.5. The van der Waals surface area contributed by atoms with Crippen molar-refractivity contribution in [3.05, 3.63) is 95.9 Å². The molecule has 1 aliphatic rings. The van der Waals surface area contributed by atoms with E-state index in [0.717, 1.165) is 28.0 Å². The molecule has 8 heteroatoms. The topological polar surface area (TPSA) is 101 Å². The molecular formula is C28H28N2O5S. The standard InChI is InChI=1S/C28H28N2O5S/c1-5-34-27(32)22-21(19-13-9-17(4)10-14-19)23(28(33)35-6-2)26-30(24(22)29)25(31)20(36-26)15-18-11-7-16(3)8-12-18/h7-15,21H,5-6,29H2,1-4H3/b20-15-. The predicted octanol–water partition coefficient (Wildman–Crippen LogP) is 2.56. The summed E-state index contributed by atoms with van der Waals surface area (Å²) in [6.07, 6.45) is 1.75. The zero-order valence-electron chi connectivity index (χ0n) is 20.7. The van der Waals surface area contributed by atoms with Crippen molar-refractivity contribution in [3.63, 3.8) is 0 Å². The number of hydrogen-bond acceptors (Lipinski definition) is 7. The van der Waals surface area contributed by atoms with Gasteiger partial charge in [-0.25, -0.2) is 9.59 Å². The SMILES string of the molecule is CCOC(=O)C1=C(N)n2c(s/c(=C\c3ccc(C)cc3)c2=O)=C(C(=O)OCC)C1c1ccc(C)cc1. The molecule has 0 bridgehead atoms. The van der Waals surface area contributed by atoms with Crippen LogP contribution in [0.2, 0.25) is 0 Å². The fourth-order valence-corrected chi connectivity index (χ4v) is 5.33. The Kier molecular flexibility index (Phi) is 7.26. The predicted molar refractivity (Wildman–Crippen MR) is 141 cm³/mol. The molecule has 1 atom stereocenters. The summed E-state index contributed by atoms with van der Waals surface area (Å²) < 4.78 is 12.7. The van der Waals surface area contributed by atoms with Crippen LogP contribution >= 0.6 is 11.3 Å². The summed E-state index contributed by atoms with van der Waals surface area (Å²) >= 11 is 1.15. The summed E-state index contributed by atoms with van der Waals surface area (Å²) in [7, 11) is 0. The van der Waals surface area contributed by atoms with Crippen molar-refractivity contribution >= 4 is 40.7 Å². The van der Waals surface area contributed by atoms with Crippen molar-refractivity contribution < 1.29 is 19.1 Å². The molecular weight excluding hydrogens is 476 g/mol. The van der Waals surface area contributed by atoms with Crippen LogP contribution in [0.5, 0.6) is 0 Å². The van der Waals surface area contributed by atoms with Gasteiger partial charge in [-0.05, 0) is 44.9 Å². The van der Waals surface area contributed by atoms with E-state index in [1.165, 1.54) is 4.57 Å². The van der Waals surface area contributed by atoms with Gasteiger partial charge in [-0.3, -0.25) is 9.36 Å². The number of thiazole rings is 1. The molecule has 0 saturated carbocycles. The molecule has 4 rings (SSSR count). The molecule has 1 aromatic heterocycles. The number of hydrogen-bond donors (Lipinski definition) is 1. The Morgan fingerprint density at radius 3 is 2.00 bits per heavy atom. The molecule has 1 unspecified atom stereocenters. The molecule has 7 nitrogen and oxygen atoms in total. The second-order valence-electron chi connectivity index (χ2n) is 8.46. The third-order valence-electron chi connectivity index (χ3n) is 5.92. The minimum Gasteiger partial charge on any atom is -0.463 e. The summed E-state index contributed by atoms with van der Waals surface area (Å²) in [4.78, 5) is 40.1. The molecule has 2 N–H and O–H groups in total. The number of carbonyl (C=O) groups is 2. The summed E-state index contributed by atoms with van der Waals surface area (Å²) in [5.41, 5.74) is 9.94. The molecule has 1 aliphatic heterocycles. The largest absolute Gasteiger partial charge is 0.463 e. The highest BCUT2D eigenvalue weighted by molar-refractivity contribution is 7.07. The van der Waals surface area contributed by atoms with Gasteiger partial charge >= 0.3 is 11.9 Å². The second kappa shape index (κ2) is 10.4. The van der Waals surface area contributed by atoms with Crippen LogP contribution in [0, 0.1) is 13.8 Å². The Labute approximate surface area is 212 Å². The average Bonchev–Trinajstić information content (AvgIpc) is 3.17. The number of nitrogens with zero attached hydrogens (tertiary/aromatic N) is 1. The third-order valence-corrected chi connectivity index (χ3v) is 7.03. The summed E-state index contributed by atoms with van der Waals surface area (Å²) in [6, 6.07) is 15.2. The zero-order chi connectivity index (χ0) is 26.0. The van der Waals surface area contributed by atoms with E-state index in [9.17, 15) is 14.4 Å². The Balaban J connectivity index is 2.10. The average molecular weight is 505 g/mol. The highest BCUT2D eigenvalue weighted by Gasteiger charge is 2.39. The van der Waals surface area contributed by atoms with Crippen LogP contribution in [0.3, 0.4) is 0 Å². The van der Waals surface area contributed by atoms with E-state index in [1.807, 2.05) is 62.4 Å². The molecule has 2 heterocycles. The summed E-state index contributed by atoms with van der Waals surface area (Å²) in [6.45, 7) is 7.57. The maximum Gasteiger partial charge on any atom is 0.338 e. The molecule has 36 heavy (non-hydrogen) atoms. The van der Waals surface area contributed by atoms with E-state index in [0.29, 0.717) is 14.8 Å². The van der Waals surface area contributed by atoms with Crippen molar-refractivity contribution in [2.24, 2.45) is 5.73 Å². The van der Waals surface area contributed by atoms with Gasteiger partial charge in [0.15, 0.2) is 0 Å². The molecule has 0 fully saturated rings. The Morgan fingerprint density at radius 2 is 1.44 bits per heavy atom. The molecule has 0 spiro atoms. The highest BCUT2D eigenvalue weighted by atomic mass is 32.1. The van der Waals surface area contributed by atoms with Gasteiger partial charge in [0, 0.05) is 0 Å². The number of fused-ring (bicyclic) bond motifs is 1. The smallest absolute Gasteiger partial charge is 0.338 e. The summed E-state index contributed by atoms with van der Waals surface area (Å²) in [5, 5.41) is 0. The number of rotatable bonds is 6. The van der Waals surface area contributed by atoms with E-state index < -0.39 is 23.4 Å². The van der Waals surface area contributed by atoms with Crippen LogP contribution in [0.4, 0.5) is 0 Å².